The Bertz CT molecular complexity index is 1210. The molecule has 0 bridgehead atoms. The van der Waals surface area contributed by atoms with Crippen molar-refractivity contribution in [2.45, 2.75) is 52.0 Å². The number of carbonyl (C=O) groups is 3. The summed E-state index contributed by atoms with van der Waals surface area (Å²) in [5, 5.41) is 14.1. The number of hydroxylamine groups is 1. The maximum Gasteiger partial charge on any atom is 0.408 e. The van der Waals surface area contributed by atoms with Crippen molar-refractivity contribution in [1.82, 2.24) is 21.1 Å². The first-order chi connectivity index (χ1) is 18.1. The molecule has 10 heteroatoms. The highest BCUT2D eigenvalue weighted by atomic mass is 16.6. The smallest absolute Gasteiger partial charge is 0.408 e. The molecule has 0 aliphatic heterocycles. The van der Waals surface area contributed by atoms with Gasteiger partial charge >= 0.3 is 6.09 Å². The van der Waals surface area contributed by atoms with Crippen LogP contribution in [0.5, 0.6) is 5.75 Å². The van der Waals surface area contributed by atoms with Gasteiger partial charge in [0.15, 0.2) is 0 Å². The number of hydrogen-bond acceptors (Lipinski definition) is 7. The second kappa shape index (κ2) is 13.2. The first kappa shape index (κ1) is 28.1. The fraction of sp³-hybridized carbons (Fsp3) is 0.286. The van der Waals surface area contributed by atoms with Crippen molar-refractivity contribution in [2.24, 2.45) is 0 Å². The maximum absolute atomic E-state index is 13.0. The molecule has 1 atom stereocenters. The van der Waals surface area contributed by atoms with Crippen molar-refractivity contribution in [2.75, 3.05) is 0 Å². The van der Waals surface area contributed by atoms with Crippen LogP contribution in [0.25, 0.3) is 0 Å². The van der Waals surface area contributed by atoms with E-state index in [0.29, 0.717) is 18.1 Å². The van der Waals surface area contributed by atoms with Crippen LogP contribution in [0, 0.1) is 0 Å². The summed E-state index contributed by atoms with van der Waals surface area (Å²) < 4.78 is 11.1. The van der Waals surface area contributed by atoms with Gasteiger partial charge in [0.2, 0.25) is 5.91 Å². The van der Waals surface area contributed by atoms with Gasteiger partial charge in [-0.3, -0.25) is 19.8 Å². The molecule has 10 nitrogen and oxygen atoms in total. The van der Waals surface area contributed by atoms with Crippen LogP contribution < -0.4 is 20.9 Å². The summed E-state index contributed by atoms with van der Waals surface area (Å²) in [5.41, 5.74) is 3.44. The molecule has 3 aromatic rings. The van der Waals surface area contributed by atoms with E-state index in [4.69, 9.17) is 14.7 Å². The lowest BCUT2D eigenvalue weighted by Gasteiger charge is -2.23. The van der Waals surface area contributed by atoms with E-state index in [1.807, 2.05) is 30.3 Å². The first-order valence-electron chi connectivity index (χ1n) is 12.1. The van der Waals surface area contributed by atoms with Gasteiger partial charge < -0.3 is 20.1 Å². The number of aromatic nitrogens is 1. The summed E-state index contributed by atoms with van der Waals surface area (Å²) >= 11 is 0. The largest absolute Gasteiger partial charge is 0.487 e. The van der Waals surface area contributed by atoms with Crippen molar-refractivity contribution in [3.05, 3.63) is 95.3 Å². The molecule has 3 rings (SSSR count). The molecule has 1 heterocycles. The number of amides is 3. The van der Waals surface area contributed by atoms with Crippen LogP contribution in [0.2, 0.25) is 0 Å². The molecule has 0 spiro atoms. The average Bonchev–Trinajstić information content (AvgIpc) is 2.90. The van der Waals surface area contributed by atoms with E-state index in [1.54, 1.807) is 56.7 Å². The predicted octanol–water partition coefficient (Wildman–Crippen LogP) is 3.53. The zero-order chi connectivity index (χ0) is 27.5. The maximum atomic E-state index is 13.0. The van der Waals surface area contributed by atoms with Crippen LogP contribution in [0.15, 0.2) is 72.9 Å². The Kier molecular flexibility index (Phi) is 9.78. The van der Waals surface area contributed by atoms with Crippen molar-refractivity contribution < 1.29 is 29.1 Å². The predicted molar refractivity (Wildman–Crippen MR) is 139 cm³/mol. The highest BCUT2D eigenvalue weighted by Crippen LogP contribution is 2.14. The molecule has 3 amide bonds. The molecule has 0 fully saturated rings. The normalized spacial score (nSPS) is 11.7. The van der Waals surface area contributed by atoms with Crippen LogP contribution in [0.3, 0.4) is 0 Å². The van der Waals surface area contributed by atoms with Gasteiger partial charge in [0.05, 0.1) is 6.20 Å². The van der Waals surface area contributed by atoms with Gasteiger partial charge in [-0.2, -0.15) is 0 Å². The van der Waals surface area contributed by atoms with Gasteiger partial charge in [0.1, 0.15) is 24.0 Å². The van der Waals surface area contributed by atoms with E-state index < -0.39 is 29.6 Å². The number of hydrogen-bond donors (Lipinski definition) is 4. The van der Waals surface area contributed by atoms with E-state index >= 15 is 0 Å². The first-order valence-corrected chi connectivity index (χ1v) is 12.1. The summed E-state index contributed by atoms with van der Waals surface area (Å²) in [5.74, 6) is -0.484. The number of nitrogens with zero attached hydrogens (tertiary/aromatic N) is 1. The number of rotatable bonds is 10. The fourth-order valence-corrected chi connectivity index (χ4v) is 3.38. The number of alkyl carbamates (subject to hydrolysis) is 1. The van der Waals surface area contributed by atoms with Gasteiger partial charge in [-0.25, -0.2) is 10.3 Å². The van der Waals surface area contributed by atoms with Gasteiger partial charge in [0, 0.05) is 24.2 Å². The van der Waals surface area contributed by atoms with Crippen molar-refractivity contribution in [1.29, 1.82) is 0 Å². The minimum atomic E-state index is -0.951. The Morgan fingerprint density at radius 1 is 0.947 bits per heavy atom. The minimum absolute atomic E-state index is 0.125. The van der Waals surface area contributed by atoms with E-state index in [-0.39, 0.29) is 18.5 Å². The van der Waals surface area contributed by atoms with E-state index in [1.165, 1.54) is 12.1 Å². The fourth-order valence-electron chi connectivity index (χ4n) is 3.38. The lowest BCUT2D eigenvalue weighted by molar-refractivity contribution is -0.123. The molecule has 0 unspecified atom stereocenters. The van der Waals surface area contributed by atoms with Gasteiger partial charge in [0.25, 0.3) is 5.91 Å². The van der Waals surface area contributed by atoms with Gasteiger partial charge in [-0.05, 0) is 56.2 Å². The minimum Gasteiger partial charge on any atom is -0.487 e. The quantitative estimate of drug-likeness (QED) is 0.237. The molecule has 2 aromatic carbocycles. The van der Waals surface area contributed by atoms with Crippen LogP contribution in [0.4, 0.5) is 4.79 Å². The van der Waals surface area contributed by atoms with Crippen LogP contribution >= 0.6 is 0 Å². The summed E-state index contributed by atoms with van der Waals surface area (Å²) in [6.45, 7) is 5.76. The van der Waals surface area contributed by atoms with E-state index in [0.717, 1.165) is 11.1 Å². The summed E-state index contributed by atoms with van der Waals surface area (Å²) in [7, 11) is 0. The van der Waals surface area contributed by atoms with Crippen LogP contribution in [-0.2, 0) is 29.1 Å². The zero-order valence-corrected chi connectivity index (χ0v) is 21.6. The van der Waals surface area contributed by atoms with E-state index in [2.05, 4.69) is 15.6 Å². The third-order valence-electron chi connectivity index (χ3n) is 5.25. The van der Waals surface area contributed by atoms with Crippen molar-refractivity contribution >= 4 is 17.9 Å². The zero-order valence-electron chi connectivity index (χ0n) is 21.6. The van der Waals surface area contributed by atoms with Crippen molar-refractivity contribution in [3.63, 3.8) is 0 Å². The number of benzene rings is 2. The Hall–Kier alpha value is -4.44. The Balaban J connectivity index is 1.64. The standard InChI is InChI=1S/C28H32N4O6/c1-28(2,3)38-27(35)31-24(26(34)30-16-19-9-11-21(12-10-19)25(33)32-36)15-22-13-14-23(17-29-22)37-18-20-7-5-4-6-8-20/h4-14,17,24,36H,15-16,18H2,1-3H3,(H,30,34)(H,31,35)(H,32,33)/t24-/m1/s1. The molecule has 0 aliphatic carbocycles. The Labute approximate surface area is 221 Å². The Morgan fingerprint density at radius 3 is 2.26 bits per heavy atom. The molecule has 0 saturated carbocycles. The summed E-state index contributed by atoms with van der Waals surface area (Å²) in [6, 6.07) is 18.6. The number of pyridine rings is 1. The number of nitrogens with one attached hydrogen (secondary N) is 3. The third kappa shape index (κ3) is 9.21. The summed E-state index contributed by atoms with van der Waals surface area (Å²) in [4.78, 5) is 41.3. The molecule has 200 valence electrons. The molecular weight excluding hydrogens is 488 g/mol. The summed E-state index contributed by atoms with van der Waals surface area (Å²) in [6.07, 6.45) is 0.976. The lowest BCUT2D eigenvalue weighted by atomic mass is 10.1. The molecule has 38 heavy (non-hydrogen) atoms. The molecule has 0 saturated heterocycles. The van der Waals surface area contributed by atoms with Gasteiger partial charge in [-0.1, -0.05) is 42.5 Å². The van der Waals surface area contributed by atoms with Crippen LogP contribution in [0.1, 0.15) is 48.0 Å². The topological polar surface area (TPSA) is 139 Å². The average molecular weight is 521 g/mol. The van der Waals surface area contributed by atoms with Crippen molar-refractivity contribution in [3.8, 4) is 5.75 Å². The molecule has 0 radical (unpaired) electrons. The Morgan fingerprint density at radius 2 is 1.66 bits per heavy atom. The second-order valence-electron chi connectivity index (χ2n) is 9.52. The highest BCUT2D eigenvalue weighted by molar-refractivity contribution is 5.93. The third-order valence-corrected chi connectivity index (χ3v) is 5.25. The number of carbonyl (C=O) groups excluding carboxylic acids is 3. The van der Waals surface area contributed by atoms with E-state index in [9.17, 15) is 14.4 Å². The SMILES string of the molecule is CC(C)(C)OC(=O)N[C@H](Cc1ccc(OCc2ccccc2)cn1)C(=O)NCc1ccc(C(=O)NO)cc1. The van der Waals surface area contributed by atoms with Crippen LogP contribution in [-0.4, -0.2) is 39.7 Å². The molecule has 1 aromatic heterocycles. The molecule has 4 N–H and O–H groups in total. The monoisotopic (exact) mass is 520 g/mol. The number of ether oxygens (including phenoxy) is 2. The second-order valence-corrected chi connectivity index (χ2v) is 9.52. The molecular formula is C28H32N4O6. The molecule has 0 aliphatic rings. The lowest BCUT2D eigenvalue weighted by Crippen LogP contribution is -2.49. The highest BCUT2D eigenvalue weighted by Gasteiger charge is 2.25. The van der Waals surface area contributed by atoms with Gasteiger partial charge in [-0.15, -0.1) is 0 Å².